The first kappa shape index (κ1) is 26.0. The average molecular weight is 549 g/mol. The highest BCUT2D eigenvalue weighted by atomic mass is 32.1. The molecule has 0 spiro atoms. The Morgan fingerprint density at radius 3 is 2.68 bits per heavy atom. The van der Waals surface area contributed by atoms with Crippen molar-refractivity contribution in [3.63, 3.8) is 0 Å². The van der Waals surface area contributed by atoms with E-state index in [1.165, 1.54) is 22.7 Å². The Morgan fingerprint density at radius 1 is 1.16 bits per heavy atom. The molecule has 0 aliphatic heterocycles. The summed E-state index contributed by atoms with van der Waals surface area (Å²) in [6.07, 6.45) is 8.99. The van der Waals surface area contributed by atoms with Gasteiger partial charge in [0.1, 0.15) is 10.0 Å². The molecule has 0 radical (unpaired) electrons. The molecule has 2 saturated carbocycles. The Hall–Kier alpha value is -3.64. The lowest BCUT2D eigenvalue weighted by molar-refractivity contribution is -0.116. The second-order valence-electron chi connectivity index (χ2n) is 9.80. The summed E-state index contributed by atoms with van der Waals surface area (Å²) in [5.41, 5.74) is 1.36. The quantitative estimate of drug-likeness (QED) is 0.281. The van der Waals surface area contributed by atoms with Crippen molar-refractivity contribution in [2.24, 2.45) is 16.8 Å². The minimum atomic E-state index is -0.164. The highest BCUT2D eigenvalue weighted by Crippen LogP contribution is 2.68. The third kappa shape index (κ3) is 5.46. The van der Waals surface area contributed by atoms with Crippen LogP contribution in [0.25, 0.3) is 0 Å². The van der Waals surface area contributed by atoms with Crippen LogP contribution in [0.2, 0.25) is 0 Å². The molecule has 10 nitrogen and oxygen atoms in total. The van der Waals surface area contributed by atoms with Gasteiger partial charge in [0.25, 0.3) is 0 Å². The van der Waals surface area contributed by atoms with Crippen molar-refractivity contribution in [2.45, 2.75) is 50.9 Å². The van der Waals surface area contributed by atoms with Crippen LogP contribution >= 0.6 is 22.7 Å². The van der Waals surface area contributed by atoms with E-state index in [9.17, 15) is 9.59 Å². The number of amides is 2. The number of rotatable bonds is 10. The number of nitrogens with one attached hydrogen (secondary N) is 2. The molecular weight excluding hydrogens is 520 g/mol. The summed E-state index contributed by atoms with van der Waals surface area (Å²) in [7, 11) is 0. The summed E-state index contributed by atoms with van der Waals surface area (Å²) >= 11 is 2.89. The molecule has 12 heteroatoms. The number of pyridine rings is 1. The van der Waals surface area contributed by atoms with Crippen LogP contribution in [0, 0.1) is 11.8 Å². The zero-order valence-electron chi connectivity index (χ0n) is 21.1. The van der Waals surface area contributed by atoms with Crippen LogP contribution in [-0.4, -0.2) is 42.9 Å². The molecule has 3 heterocycles. The van der Waals surface area contributed by atoms with Crippen LogP contribution in [0.5, 0.6) is 0 Å². The normalized spacial score (nSPS) is 24.3. The largest absolute Gasteiger partial charge is 0.300 e. The standard InChI is InChI=1S/C26H28N8O2S2/c1-4-5-9-27-15(2)11-20(35)29-24-33-31-22(37-24)17-13-19-18(17)14-26(19,3)23-32-34-25(38-23)30-21(36)12-16-8-6-7-10-28-16/h4-10,17-19H,1,11-14H2,2-3H3,(H,29,33,35)(H,30,34,36)/b9-5-,27-15+/t17-,18?,19?,26+/m0/s1. The van der Waals surface area contributed by atoms with E-state index >= 15 is 0 Å². The molecule has 0 saturated heterocycles. The monoisotopic (exact) mass is 548 g/mol. The molecule has 5 rings (SSSR count). The first-order chi connectivity index (χ1) is 18.4. The molecular formula is C26H28N8O2S2. The topological polar surface area (TPSA) is 135 Å². The fraction of sp³-hybridized carbons (Fsp3) is 0.385. The number of fused-ring (bicyclic) bond motifs is 1. The Morgan fingerprint density at radius 2 is 1.95 bits per heavy atom. The Kier molecular flexibility index (Phi) is 7.52. The van der Waals surface area contributed by atoms with Gasteiger partial charge in [-0.3, -0.25) is 19.6 Å². The zero-order chi connectivity index (χ0) is 26.7. The van der Waals surface area contributed by atoms with Crippen molar-refractivity contribution in [1.82, 2.24) is 25.4 Å². The molecule has 2 aliphatic rings. The van der Waals surface area contributed by atoms with E-state index in [1.54, 1.807) is 31.5 Å². The van der Waals surface area contributed by atoms with Crippen LogP contribution in [-0.2, 0) is 21.4 Å². The van der Waals surface area contributed by atoms with Gasteiger partial charge in [0.2, 0.25) is 22.1 Å². The second-order valence-corrected chi connectivity index (χ2v) is 11.8. The first-order valence-electron chi connectivity index (χ1n) is 12.3. The number of aromatic nitrogens is 5. The van der Waals surface area contributed by atoms with E-state index < -0.39 is 0 Å². The number of carbonyl (C=O) groups excluding carboxylic acids is 2. The molecule has 2 N–H and O–H groups in total. The average Bonchev–Trinajstić information content (AvgIpc) is 3.53. The van der Waals surface area contributed by atoms with E-state index in [2.05, 4.69) is 54.5 Å². The highest BCUT2D eigenvalue weighted by molar-refractivity contribution is 7.15. The summed E-state index contributed by atoms with van der Waals surface area (Å²) in [5.74, 6) is 1.02. The summed E-state index contributed by atoms with van der Waals surface area (Å²) in [6, 6.07) is 5.50. The first-order valence-corrected chi connectivity index (χ1v) is 14.0. The minimum absolute atomic E-state index is 0.0541. The molecule has 2 fully saturated rings. The summed E-state index contributed by atoms with van der Waals surface area (Å²) < 4.78 is 0. The molecule has 4 atom stereocenters. The van der Waals surface area contributed by atoms with Crippen molar-refractivity contribution < 1.29 is 9.59 Å². The van der Waals surface area contributed by atoms with Gasteiger partial charge in [0.15, 0.2) is 0 Å². The fourth-order valence-corrected chi connectivity index (χ4v) is 7.11. The van der Waals surface area contributed by atoms with Crippen LogP contribution < -0.4 is 10.6 Å². The third-order valence-corrected chi connectivity index (χ3v) is 9.27. The number of carbonyl (C=O) groups is 2. The smallest absolute Gasteiger partial charge is 0.232 e. The fourth-order valence-electron chi connectivity index (χ4n) is 5.18. The van der Waals surface area contributed by atoms with E-state index in [0.717, 1.165) is 22.9 Å². The molecule has 196 valence electrons. The number of nitrogens with zero attached hydrogens (tertiary/aromatic N) is 6. The van der Waals surface area contributed by atoms with Gasteiger partial charge >= 0.3 is 0 Å². The molecule has 2 amide bonds. The maximum atomic E-state index is 12.4. The third-order valence-electron chi connectivity index (χ3n) is 7.19. The number of allylic oxidation sites excluding steroid dienone is 2. The molecule has 0 bridgehead atoms. The van der Waals surface area contributed by atoms with E-state index in [0.29, 0.717) is 39.4 Å². The van der Waals surface area contributed by atoms with Crippen molar-refractivity contribution in [3.05, 3.63) is 65.0 Å². The molecule has 3 aromatic heterocycles. The molecule has 2 unspecified atom stereocenters. The van der Waals surface area contributed by atoms with Gasteiger partial charge in [-0.2, -0.15) is 0 Å². The Balaban J connectivity index is 1.12. The highest BCUT2D eigenvalue weighted by Gasteiger charge is 2.63. The van der Waals surface area contributed by atoms with Gasteiger partial charge in [-0.05, 0) is 49.8 Å². The van der Waals surface area contributed by atoms with Crippen molar-refractivity contribution >= 4 is 50.5 Å². The predicted octanol–water partition coefficient (Wildman–Crippen LogP) is 4.54. The van der Waals surface area contributed by atoms with Gasteiger partial charge in [-0.15, -0.1) is 20.4 Å². The lowest BCUT2D eigenvalue weighted by Gasteiger charge is -2.63. The van der Waals surface area contributed by atoms with Gasteiger partial charge in [0, 0.05) is 35.1 Å². The Bertz CT molecular complexity index is 1400. The predicted molar refractivity (Wildman–Crippen MR) is 148 cm³/mol. The minimum Gasteiger partial charge on any atom is -0.300 e. The lowest BCUT2D eigenvalue weighted by atomic mass is 9.42. The van der Waals surface area contributed by atoms with Crippen LogP contribution in [0.15, 0.2) is 54.3 Å². The number of anilines is 2. The molecule has 3 aromatic rings. The summed E-state index contributed by atoms with van der Waals surface area (Å²) in [6.45, 7) is 7.62. The lowest BCUT2D eigenvalue weighted by Crippen LogP contribution is -2.58. The summed E-state index contributed by atoms with van der Waals surface area (Å²) in [4.78, 5) is 33.1. The van der Waals surface area contributed by atoms with Crippen LogP contribution in [0.3, 0.4) is 0 Å². The maximum absolute atomic E-state index is 12.4. The van der Waals surface area contributed by atoms with Crippen molar-refractivity contribution in [1.29, 1.82) is 0 Å². The molecule has 2 aliphatic carbocycles. The van der Waals surface area contributed by atoms with Gasteiger partial charge in [0.05, 0.1) is 12.8 Å². The van der Waals surface area contributed by atoms with Gasteiger partial charge < -0.3 is 10.6 Å². The Labute approximate surface area is 228 Å². The molecule has 38 heavy (non-hydrogen) atoms. The van der Waals surface area contributed by atoms with E-state index in [4.69, 9.17) is 0 Å². The second kappa shape index (κ2) is 11.0. The van der Waals surface area contributed by atoms with Crippen LogP contribution in [0.1, 0.15) is 54.7 Å². The number of aliphatic imine (C=N–C) groups is 1. The van der Waals surface area contributed by atoms with Gasteiger partial charge in [-0.25, -0.2) is 0 Å². The summed E-state index contributed by atoms with van der Waals surface area (Å²) in [5, 5.41) is 25.8. The number of hydrogen-bond acceptors (Lipinski definition) is 10. The van der Waals surface area contributed by atoms with E-state index in [-0.39, 0.29) is 30.1 Å². The van der Waals surface area contributed by atoms with Crippen molar-refractivity contribution in [3.8, 4) is 0 Å². The van der Waals surface area contributed by atoms with Crippen LogP contribution in [0.4, 0.5) is 10.3 Å². The van der Waals surface area contributed by atoms with Crippen molar-refractivity contribution in [2.75, 3.05) is 10.6 Å². The SMILES string of the molecule is C=C/C=C\N=C(/C)CC(=O)Nc1nnc([C@H]2CC3C2C[C@@]3(C)c2nnc(NC(=O)Cc3ccccn3)s2)s1. The van der Waals surface area contributed by atoms with Gasteiger partial charge in [-0.1, -0.05) is 48.3 Å². The maximum Gasteiger partial charge on any atom is 0.232 e. The molecule has 0 aromatic carbocycles. The zero-order valence-corrected chi connectivity index (χ0v) is 22.8. The van der Waals surface area contributed by atoms with E-state index in [1.807, 2.05) is 18.2 Å². The number of hydrogen-bond donors (Lipinski definition) is 2.